The maximum absolute atomic E-state index is 11.4. The van der Waals surface area contributed by atoms with Crippen molar-refractivity contribution in [3.05, 3.63) is 11.6 Å². The summed E-state index contributed by atoms with van der Waals surface area (Å²) >= 11 is 0. The molecule has 2 aliphatic carbocycles. The molecule has 0 spiro atoms. The van der Waals surface area contributed by atoms with Gasteiger partial charge in [-0.3, -0.25) is 4.79 Å². The molecule has 3 unspecified atom stereocenters. The van der Waals surface area contributed by atoms with Crippen LogP contribution in [0.25, 0.3) is 0 Å². The number of hydrogen-bond acceptors (Lipinski definition) is 1. The zero-order chi connectivity index (χ0) is 9.80. The number of hydrogen-bond donors (Lipinski definition) is 0. The van der Waals surface area contributed by atoms with E-state index in [0.29, 0.717) is 23.0 Å². The van der Waals surface area contributed by atoms with Gasteiger partial charge < -0.3 is 0 Å². The van der Waals surface area contributed by atoms with Gasteiger partial charge in [-0.2, -0.15) is 0 Å². The van der Waals surface area contributed by atoms with Crippen molar-refractivity contribution < 1.29 is 4.79 Å². The van der Waals surface area contributed by atoms with Gasteiger partial charge in [0.05, 0.1) is 0 Å². The van der Waals surface area contributed by atoms with Crippen LogP contribution < -0.4 is 0 Å². The van der Waals surface area contributed by atoms with Gasteiger partial charge in [-0.25, -0.2) is 0 Å². The molecule has 1 nitrogen and oxygen atoms in total. The molecule has 13 heavy (non-hydrogen) atoms. The summed E-state index contributed by atoms with van der Waals surface area (Å²) in [6, 6.07) is 0. The molecule has 3 atom stereocenters. The van der Waals surface area contributed by atoms with Crippen molar-refractivity contribution in [2.24, 2.45) is 23.2 Å². The Morgan fingerprint density at radius 1 is 1.54 bits per heavy atom. The van der Waals surface area contributed by atoms with E-state index in [-0.39, 0.29) is 5.92 Å². The SMILES string of the molecule is CC(=O)C1CC2C(=CC1C)C2(C)C. The highest BCUT2D eigenvalue weighted by Gasteiger charge is 2.55. The number of rotatable bonds is 1. The predicted molar refractivity (Wildman–Crippen MR) is 53.3 cm³/mol. The summed E-state index contributed by atoms with van der Waals surface area (Å²) in [7, 11) is 0. The molecule has 2 aliphatic rings. The fraction of sp³-hybridized carbons (Fsp3) is 0.750. The first-order valence-electron chi connectivity index (χ1n) is 5.17. The lowest BCUT2D eigenvalue weighted by Gasteiger charge is -2.21. The smallest absolute Gasteiger partial charge is 0.133 e. The minimum absolute atomic E-state index is 0.288. The van der Waals surface area contributed by atoms with Gasteiger partial charge in [0.1, 0.15) is 5.78 Å². The van der Waals surface area contributed by atoms with Crippen molar-refractivity contribution in [3.8, 4) is 0 Å². The molecule has 0 aromatic heterocycles. The number of allylic oxidation sites excluding steroid dienone is 2. The number of ketones is 1. The second-order valence-corrected chi connectivity index (χ2v) is 5.21. The maximum Gasteiger partial charge on any atom is 0.133 e. The number of carbonyl (C=O) groups excluding carboxylic acids is 1. The third kappa shape index (κ3) is 1.17. The Kier molecular flexibility index (Phi) is 1.70. The highest BCUT2D eigenvalue weighted by Crippen LogP contribution is 2.63. The lowest BCUT2D eigenvalue weighted by atomic mass is 9.82. The third-order valence-corrected chi connectivity index (χ3v) is 4.00. The van der Waals surface area contributed by atoms with E-state index in [2.05, 4.69) is 26.8 Å². The zero-order valence-corrected chi connectivity index (χ0v) is 8.92. The van der Waals surface area contributed by atoms with Crippen molar-refractivity contribution in [1.82, 2.24) is 0 Å². The number of fused-ring (bicyclic) bond motifs is 1. The van der Waals surface area contributed by atoms with Crippen molar-refractivity contribution in [2.75, 3.05) is 0 Å². The average Bonchev–Trinajstić information content (AvgIpc) is 2.52. The normalized spacial score (nSPS) is 40.6. The van der Waals surface area contributed by atoms with Crippen LogP contribution in [0.5, 0.6) is 0 Å². The van der Waals surface area contributed by atoms with E-state index >= 15 is 0 Å². The van der Waals surface area contributed by atoms with E-state index < -0.39 is 0 Å². The summed E-state index contributed by atoms with van der Waals surface area (Å²) in [6.07, 6.45) is 3.43. The Balaban J connectivity index is 2.21. The average molecular weight is 178 g/mol. The second kappa shape index (κ2) is 2.46. The van der Waals surface area contributed by atoms with Crippen LogP contribution in [0.15, 0.2) is 11.6 Å². The first-order valence-corrected chi connectivity index (χ1v) is 5.17. The molecule has 1 fully saturated rings. The molecule has 0 aromatic carbocycles. The highest BCUT2D eigenvalue weighted by molar-refractivity contribution is 5.79. The maximum atomic E-state index is 11.4. The Morgan fingerprint density at radius 2 is 2.15 bits per heavy atom. The first kappa shape index (κ1) is 8.98. The topological polar surface area (TPSA) is 17.1 Å². The van der Waals surface area contributed by atoms with E-state index in [9.17, 15) is 4.79 Å². The largest absolute Gasteiger partial charge is 0.300 e. The van der Waals surface area contributed by atoms with Crippen LogP contribution in [-0.2, 0) is 4.79 Å². The van der Waals surface area contributed by atoms with Crippen LogP contribution >= 0.6 is 0 Å². The van der Waals surface area contributed by atoms with Gasteiger partial charge in [-0.15, -0.1) is 0 Å². The van der Waals surface area contributed by atoms with Crippen LogP contribution in [0.3, 0.4) is 0 Å². The summed E-state index contributed by atoms with van der Waals surface area (Å²) in [5.41, 5.74) is 2.00. The van der Waals surface area contributed by atoms with Gasteiger partial charge in [-0.1, -0.05) is 32.4 Å². The molecule has 2 rings (SSSR count). The molecule has 0 amide bonds. The van der Waals surface area contributed by atoms with Crippen molar-refractivity contribution >= 4 is 5.78 Å². The van der Waals surface area contributed by atoms with Crippen molar-refractivity contribution in [3.63, 3.8) is 0 Å². The van der Waals surface area contributed by atoms with E-state index in [1.807, 2.05) is 0 Å². The van der Waals surface area contributed by atoms with Crippen LogP contribution in [0.4, 0.5) is 0 Å². The minimum atomic E-state index is 0.288. The van der Waals surface area contributed by atoms with E-state index in [0.717, 1.165) is 6.42 Å². The summed E-state index contributed by atoms with van der Waals surface area (Å²) < 4.78 is 0. The number of Topliss-reactive ketones (excluding diaryl/α,β-unsaturated/α-hetero) is 1. The molecule has 0 saturated heterocycles. The van der Waals surface area contributed by atoms with Gasteiger partial charge in [0.2, 0.25) is 0 Å². The molecule has 0 radical (unpaired) electrons. The standard InChI is InChI=1S/C12H18O/c1-7-5-10-11(12(10,3)4)6-9(7)8(2)13/h5,7,9,11H,6H2,1-4H3. The van der Waals surface area contributed by atoms with Crippen LogP contribution in [-0.4, -0.2) is 5.78 Å². The fourth-order valence-electron chi connectivity index (χ4n) is 2.83. The summed E-state index contributed by atoms with van der Waals surface area (Å²) in [6.45, 7) is 8.48. The Bertz CT molecular complexity index is 285. The van der Waals surface area contributed by atoms with Crippen LogP contribution in [0, 0.1) is 23.2 Å². The number of carbonyl (C=O) groups is 1. The molecule has 1 heteroatoms. The van der Waals surface area contributed by atoms with Gasteiger partial charge in [0, 0.05) is 5.92 Å². The van der Waals surface area contributed by atoms with E-state index in [1.165, 1.54) is 0 Å². The molecule has 1 saturated carbocycles. The summed E-state index contributed by atoms with van der Waals surface area (Å²) in [4.78, 5) is 11.4. The van der Waals surface area contributed by atoms with Crippen LogP contribution in [0.2, 0.25) is 0 Å². The van der Waals surface area contributed by atoms with Gasteiger partial charge in [0.15, 0.2) is 0 Å². The molecular formula is C12H18O. The molecule has 0 N–H and O–H groups in total. The lowest BCUT2D eigenvalue weighted by Crippen LogP contribution is -2.21. The monoisotopic (exact) mass is 178 g/mol. The highest BCUT2D eigenvalue weighted by atomic mass is 16.1. The first-order chi connectivity index (χ1) is 5.94. The Morgan fingerprint density at radius 3 is 2.69 bits per heavy atom. The molecule has 0 bridgehead atoms. The van der Waals surface area contributed by atoms with Crippen molar-refractivity contribution in [1.29, 1.82) is 0 Å². The van der Waals surface area contributed by atoms with Crippen molar-refractivity contribution in [2.45, 2.75) is 34.1 Å². The fourth-order valence-corrected chi connectivity index (χ4v) is 2.83. The third-order valence-electron chi connectivity index (χ3n) is 4.00. The Labute approximate surface area is 80.2 Å². The Hall–Kier alpha value is -0.590. The second-order valence-electron chi connectivity index (χ2n) is 5.21. The predicted octanol–water partition coefficient (Wildman–Crippen LogP) is 2.81. The summed E-state index contributed by atoms with van der Waals surface area (Å²) in [5.74, 6) is 1.82. The lowest BCUT2D eigenvalue weighted by molar-refractivity contribution is -0.122. The van der Waals surface area contributed by atoms with Gasteiger partial charge >= 0.3 is 0 Å². The molecule has 0 heterocycles. The quantitative estimate of drug-likeness (QED) is 0.564. The molecular weight excluding hydrogens is 160 g/mol. The summed E-state index contributed by atoms with van der Waals surface area (Å²) in [5, 5.41) is 0. The van der Waals surface area contributed by atoms with Crippen LogP contribution in [0.1, 0.15) is 34.1 Å². The molecule has 72 valence electrons. The minimum Gasteiger partial charge on any atom is -0.300 e. The molecule has 0 aromatic rings. The van der Waals surface area contributed by atoms with E-state index in [4.69, 9.17) is 0 Å². The zero-order valence-electron chi connectivity index (χ0n) is 8.92. The van der Waals surface area contributed by atoms with Gasteiger partial charge in [0.25, 0.3) is 0 Å². The van der Waals surface area contributed by atoms with E-state index in [1.54, 1.807) is 12.5 Å². The van der Waals surface area contributed by atoms with Gasteiger partial charge in [-0.05, 0) is 30.6 Å². The molecule has 0 aliphatic heterocycles.